The lowest BCUT2D eigenvalue weighted by Crippen LogP contribution is -2.11. The van der Waals surface area contributed by atoms with Crippen LogP contribution in [0.5, 0.6) is 0 Å². The van der Waals surface area contributed by atoms with Crippen LogP contribution in [-0.4, -0.2) is 0 Å². The van der Waals surface area contributed by atoms with Gasteiger partial charge in [-0.1, -0.05) is 103 Å². The molecule has 2 heteroatoms. The third-order valence-corrected chi connectivity index (χ3v) is 7.61. The van der Waals surface area contributed by atoms with Crippen molar-refractivity contribution in [3.63, 3.8) is 0 Å². The minimum Gasteiger partial charge on any atom is -0.455 e. The molecule has 0 aliphatic carbocycles. The first-order valence-corrected chi connectivity index (χ1v) is 13.0. The molecule has 0 aliphatic heterocycles. The zero-order valence-corrected chi connectivity index (χ0v) is 20.6. The zero-order valence-electron chi connectivity index (χ0n) is 20.6. The monoisotopic (exact) mass is 485 g/mol. The first kappa shape index (κ1) is 21.0. The summed E-state index contributed by atoms with van der Waals surface area (Å²) in [5.74, 6) is 0. The van der Waals surface area contributed by atoms with Crippen LogP contribution in [0.15, 0.2) is 144 Å². The van der Waals surface area contributed by atoms with Crippen LogP contribution in [0.2, 0.25) is 0 Å². The van der Waals surface area contributed by atoms with Crippen molar-refractivity contribution in [2.75, 3.05) is 4.90 Å². The Kier molecular flexibility index (Phi) is 4.55. The van der Waals surface area contributed by atoms with Crippen molar-refractivity contribution in [1.29, 1.82) is 0 Å². The van der Waals surface area contributed by atoms with Crippen LogP contribution in [0, 0.1) is 0 Å². The Morgan fingerprint density at radius 3 is 1.97 bits per heavy atom. The molecule has 0 atom stereocenters. The molecule has 8 aromatic rings. The average molecular weight is 486 g/mol. The fourth-order valence-corrected chi connectivity index (χ4v) is 5.92. The highest BCUT2D eigenvalue weighted by molar-refractivity contribution is 6.21. The fourth-order valence-electron chi connectivity index (χ4n) is 5.92. The quantitative estimate of drug-likeness (QED) is 0.231. The molecule has 178 valence electrons. The van der Waals surface area contributed by atoms with Crippen molar-refractivity contribution in [1.82, 2.24) is 0 Å². The molecule has 38 heavy (non-hydrogen) atoms. The summed E-state index contributed by atoms with van der Waals surface area (Å²) in [5, 5.41) is 9.48. The molecule has 0 radical (unpaired) electrons. The standard InChI is InChI=1S/C36H23NO/c1-2-13-26(14-3-1)37(33-23-25-11-4-5-15-27(25)28-16-6-7-17-29(28)33)32-19-10-12-24-21-22-31-30-18-8-9-20-34(30)38-36(31)35(24)32/h1-23H. The summed E-state index contributed by atoms with van der Waals surface area (Å²) in [6, 6.07) is 49.6. The van der Waals surface area contributed by atoms with Gasteiger partial charge in [0.25, 0.3) is 0 Å². The minimum absolute atomic E-state index is 0.909. The van der Waals surface area contributed by atoms with Gasteiger partial charge in [0.05, 0.1) is 11.4 Å². The van der Waals surface area contributed by atoms with Gasteiger partial charge < -0.3 is 9.32 Å². The van der Waals surface area contributed by atoms with Crippen molar-refractivity contribution in [2.45, 2.75) is 0 Å². The Morgan fingerprint density at radius 1 is 0.421 bits per heavy atom. The van der Waals surface area contributed by atoms with Crippen LogP contribution >= 0.6 is 0 Å². The van der Waals surface area contributed by atoms with E-state index in [4.69, 9.17) is 4.42 Å². The van der Waals surface area contributed by atoms with Gasteiger partial charge in [0, 0.05) is 27.2 Å². The number of hydrogen-bond acceptors (Lipinski definition) is 2. The molecule has 0 spiro atoms. The van der Waals surface area contributed by atoms with Crippen LogP contribution in [0.3, 0.4) is 0 Å². The third kappa shape index (κ3) is 3.07. The van der Waals surface area contributed by atoms with Crippen molar-refractivity contribution >= 4 is 71.3 Å². The second-order valence-electron chi connectivity index (χ2n) is 9.75. The second kappa shape index (κ2) is 8.22. The maximum atomic E-state index is 6.56. The second-order valence-corrected chi connectivity index (χ2v) is 9.75. The molecule has 0 unspecified atom stereocenters. The number of fused-ring (bicyclic) bond motifs is 8. The molecular weight excluding hydrogens is 462 g/mol. The molecule has 0 bridgehead atoms. The number of hydrogen-bond donors (Lipinski definition) is 0. The molecule has 1 aromatic heterocycles. The maximum absolute atomic E-state index is 6.56. The number of para-hydroxylation sites is 2. The molecule has 0 aliphatic rings. The van der Waals surface area contributed by atoms with Crippen LogP contribution in [-0.2, 0) is 0 Å². The predicted octanol–water partition coefficient (Wildman–Crippen LogP) is 10.5. The van der Waals surface area contributed by atoms with E-state index in [9.17, 15) is 0 Å². The molecular formula is C36H23NO. The molecule has 8 rings (SSSR count). The Hall–Kier alpha value is -5.08. The Balaban J connectivity index is 1.53. The molecule has 0 saturated heterocycles. The minimum atomic E-state index is 0.909. The molecule has 0 N–H and O–H groups in total. The van der Waals surface area contributed by atoms with Gasteiger partial charge in [-0.2, -0.15) is 0 Å². The van der Waals surface area contributed by atoms with E-state index < -0.39 is 0 Å². The number of nitrogens with zero attached hydrogens (tertiary/aromatic N) is 1. The van der Waals surface area contributed by atoms with E-state index in [1.54, 1.807) is 0 Å². The summed E-state index contributed by atoms with van der Waals surface area (Å²) >= 11 is 0. The Labute approximate surface area is 220 Å². The molecule has 0 saturated carbocycles. The van der Waals surface area contributed by atoms with Crippen molar-refractivity contribution in [3.8, 4) is 0 Å². The van der Waals surface area contributed by atoms with E-state index in [1.807, 2.05) is 6.07 Å². The average Bonchev–Trinajstić information content (AvgIpc) is 3.37. The van der Waals surface area contributed by atoms with E-state index in [2.05, 4.69) is 138 Å². The summed E-state index contributed by atoms with van der Waals surface area (Å²) < 4.78 is 6.56. The normalized spacial score (nSPS) is 11.7. The Morgan fingerprint density at radius 2 is 1.11 bits per heavy atom. The van der Waals surface area contributed by atoms with Gasteiger partial charge in [-0.05, 0) is 57.9 Å². The summed E-state index contributed by atoms with van der Waals surface area (Å²) in [4.78, 5) is 2.39. The van der Waals surface area contributed by atoms with E-state index in [1.165, 1.54) is 21.5 Å². The molecule has 7 aromatic carbocycles. The summed E-state index contributed by atoms with van der Waals surface area (Å²) in [6.07, 6.45) is 0. The number of benzene rings is 7. The van der Waals surface area contributed by atoms with Crippen molar-refractivity contribution in [3.05, 3.63) is 140 Å². The van der Waals surface area contributed by atoms with Crippen LogP contribution in [0.4, 0.5) is 17.1 Å². The van der Waals surface area contributed by atoms with E-state index in [0.29, 0.717) is 0 Å². The molecule has 2 nitrogen and oxygen atoms in total. The molecule has 0 amide bonds. The largest absolute Gasteiger partial charge is 0.455 e. The van der Waals surface area contributed by atoms with E-state index in [0.717, 1.165) is 49.8 Å². The SMILES string of the molecule is c1ccc(N(c2cc3ccccc3c3ccccc23)c2cccc3ccc4c5ccccc5oc4c23)cc1. The van der Waals surface area contributed by atoms with Gasteiger partial charge in [0.15, 0.2) is 0 Å². The Bertz CT molecular complexity index is 2140. The highest BCUT2D eigenvalue weighted by Crippen LogP contribution is 2.46. The molecule has 1 heterocycles. The number of rotatable bonds is 3. The first-order chi connectivity index (χ1) is 18.9. The topological polar surface area (TPSA) is 16.4 Å². The summed E-state index contributed by atoms with van der Waals surface area (Å²) in [5.41, 5.74) is 5.18. The lowest BCUT2D eigenvalue weighted by Gasteiger charge is -2.28. The van der Waals surface area contributed by atoms with Gasteiger partial charge in [-0.25, -0.2) is 0 Å². The van der Waals surface area contributed by atoms with Gasteiger partial charge in [0.2, 0.25) is 0 Å². The fraction of sp³-hybridized carbons (Fsp3) is 0. The lowest BCUT2D eigenvalue weighted by molar-refractivity contribution is 0.672. The summed E-state index contributed by atoms with van der Waals surface area (Å²) in [7, 11) is 0. The smallest absolute Gasteiger partial charge is 0.145 e. The highest BCUT2D eigenvalue weighted by atomic mass is 16.3. The molecule has 0 fully saturated rings. The first-order valence-electron chi connectivity index (χ1n) is 13.0. The third-order valence-electron chi connectivity index (χ3n) is 7.61. The predicted molar refractivity (Wildman–Crippen MR) is 161 cm³/mol. The number of anilines is 3. The van der Waals surface area contributed by atoms with Gasteiger partial charge >= 0.3 is 0 Å². The van der Waals surface area contributed by atoms with Crippen LogP contribution in [0.25, 0.3) is 54.3 Å². The van der Waals surface area contributed by atoms with Crippen LogP contribution in [0.1, 0.15) is 0 Å². The summed E-state index contributed by atoms with van der Waals surface area (Å²) in [6.45, 7) is 0. The lowest BCUT2D eigenvalue weighted by atomic mass is 9.98. The maximum Gasteiger partial charge on any atom is 0.145 e. The highest BCUT2D eigenvalue weighted by Gasteiger charge is 2.21. The van der Waals surface area contributed by atoms with E-state index >= 15 is 0 Å². The van der Waals surface area contributed by atoms with Crippen molar-refractivity contribution < 1.29 is 4.42 Å². The van der Waals surface area contributed by atoms with Gasteiger partial charge in [-0.15, -0.1) is 0 Å². The number of furan rings is 1. The van der Waals surface area contributed by atoms with Gasteiger partial charge in [-0.3, -0.25) is 0 Å². The van der Waals surface area contributed by atoms with Crippen LogP contribution < -0.4 is 4.90 Å². The van der Waals surface area contributed by atoms with Crippen molar-refractivity contribution in [2.24, 2.45) is 0 Å². The van der Waals surface area contributed by atoms with E-state index in [-0.39, 0.29) is 0 Å². The van der Waals surface area contributed by atoms with Gasteiger partial charge in [0.1, 0.15) is 11.2 Å². The zero-order chi connectivity index (χ0) is 25.1.